The number of hydrogen-bond donors (Lipinski definition) is 1. The molecule has 2 rings (SSSR count). The van der Waals surface area contributed by atoms with Gasteiger partial charge >= 0.3 is 0 Å². The second kappa shape index (κ2) is 8.87. The van der Waals surface area contributed by atoms with Crippen LogP contribution in [0.25, 0.3) is 0 Å². The van der Waals surface area contributed by atoms with Gasteiger partial charge in [0, 0.05) is 26.2 Å². The number of para-hydroxylation sites is 2. The van der Waals surface area contributed by atoms with E-state index in [0.29, 0.717) is 39.1 Å². The monoisotopic (exact) mass is 294 g/mol. The minimum Gasteiger partial charge on any atom is -0.382 e. The van der Waals surface area contributed by atoms with E-state index in [-0.39, 0.29) is 0 Å². The first-order valence-electron chi connectivity index (χ1n) is 7.57. The number of anilines is 2. The summed E-state index contributed by atoms with van der Waals surface area (Å²) in [6.45, 7) is 7.33. The van der Waals surface area contributed by atoms with E-state index in [9.17, 15) is 0 Å². The van der Waals surface area contributed by atoms with Crippen molar-refractivity contribution in [2.24, 2.45) is 0 Å². The van der Waals surface area contributed by atoms with Crippen LogP contribution in [0.5, 0.6) is 0 Å². The minimum atomic E-state index is 0.474. The summed E-state index contributed by atoms with van der Waals surface area (Å²) in [6, 6.07) is 8.90. The zero-order valence-corrected chi connectivity index (χ0v) is 13.0. The average molecular weight is 294 g/mol. The number of fused-ring (bicyclic) bond motifs is 1. The Hall–Kier alpha value is -1.30. The van der Waals surface area contributed by atoms with E-state index >= 15 is 0 Å². The third-order valence-electron chi connectivity index (χ3n) is 3.61. The first-order valence-corrected chi connectivity index (χ1v) is 7.57. The summed E-state index contributed by atoms with van der Waals surface area (Å²) in [7, 11) is 1.67. The highest BCUT2D eigenvalue weighted by molar-refractivity contribution is 5.72. The van der Waals surface area contributed by atoms with Gasteiger partial charge in [0.25, 0.3) is 0 Å². The van der Waals surface area contributed by atoms with Gasteiger partial charge < -0.3 is 24.4 Å². The first kappa shape index (κ1) is 16.1. The van der Waals surface area contributed by atoms with E-state index in [1.807, 2.05) is 0 Å². The molecule has 0 bridgehead atoms. The predicted octanol–water partition coefficient (Wildman–Crippen LogP) is 1.99. The Morgan fingerprint density at radius 2 is 1.81 bits per heavy atom. The third-order valence-corrected chi connectivity index (χ3v) is 3.61. The van der Waals surface area contributed by atoms with Crippen LogP contribution in [0.2, 0.25) is 0 Å². The fourth-order valence-electron chi connectivity index (χ4n) is 2.45. The zero-order valence-electron chi connectivity index (χ0n) is 13.0. The molecule has 1 aromatic carbocycles. The third kappa shape index (κ3) is 4.88. The largest absolute Gasteiger partial charge is 0.382 e. The summed E-state index contributed by atoms with van der Waals surface area (Å²) in [5, 5.41) is 3.46. The molecule has 0 saturated heterocycles. The van der Waals surface area contributed by atoms with Gasteiger partial charge in [-0.15, -0.1) is 0 Å². The molecule has 0 aliphatic carbocycles. The molecule has 118 valence electrons. The molecule has 0 aromatic heterocycles. The van der Waals surface area contributed by atoms with Gasteiger partial charge in [-0.2, -0.15) is 0 Å². The fourth-order valence-corrected chi connectivity index (χ4v) is 2.45. The highest BCUT2D eigenvalue weighted by Crippen LogP contribution is 2.30. The van der Waals surface area contributed by atoms with Crippen LogP contribution in [0.1, 0.15) is 6.92 Å². The molecule has 0 saturated carbocycles. The van der Waals surface area contributed by atoms with Crippen LogP contribution in [0.15, 0.2) is 24.3 Å². The molecular weight excluding hydrogens is 268 g/mol. The molecule has 1 aliphatic heterocycles. The average Bonchev–Trinajstić information content (AvgIpc) is 2.51. The zero-order chi connectivity index (χ0) is 14.9. The quantitative estimate of drug-likeness (QED) is 0.706. The Balaban J connectivity index is 1.68. The molecule has 1 aliphatic rings. The second-order valence-corrected chi connectivity index (χ2v) is 5.16. The molecule has 21 heavy (non-hydrogen) atoms. The minimum absolute atomic E-state index is 0.474. The van der Waals surface area contributed by atoms with Crippen molar-refractivity contribution in [2.75, 3.05) is 63.5 Å². The van der Waals surface area contributed by atoms with Crippen LogP contribution in [-0.4, -0.2) is 59.3 Å². The van der Waals surface area contributed by atoms with Gasteiger partial charge in [0.2, 0.25) is 0 Å². The molecular formula is C16H26N2O3. The maximum Gasteiger partial charge on any atom is 0.0701 e. The number of rotatable bonds is 9. The first-order chi connectivity index (χ1) is 10.3. The Morgan fingerprint density at radius 3 is 2.62 bits per heavy atom. The Labute approximate surface area is 127 Å². The van der Waals surface area contributed by atoms with E-state index in [2.05, 4.69) is 41.4 Å². The highest BCUT2D eigenvalue weighted by atomic mass is 16.5. The van der Waals surface area contributed by atoms with Crippen molar-refractivity contribution in [1.82, 2.24) is 0 Å². The van der Waals surface area contributed by atoms with E-state index in [1.54, 1.807) is 7.11 Å². The van der Waals surface area contributed by atoms with Crippen LogP contribution in [0.3, 0.4) is 0 Å². The van der Waals surface area contributed by atoms with Gasteiger partial charge in [0.15, 0.2) is 0 Å². The summed E-state index contributed by atoms with van der Waals surface area (Å²) >= 11 is 0. The second-order valence-electron chi connectivity index (χ2n) is 5.16. The lowest BCUT2D eigenvalue weighted by Gasteiger charge is -2.37. The van der Waals surface area contributed by atoms with Gasteiger partial charge in [-0.25, -0.2) is 0 Å². The van der Waals surface area contributed by atoms with Crippen molar-refractivity contribution in [3.63, 3.8) is 0 Å². The number of nitrogens with one attached hydrogen (secondary N) is 1. The number of nitrogens with zero attached hydrogens (tertiary/aromatic N) is 1. The molecule has 1 unspecified atom stereocenters. The normalized spacial score (nSPS) is 17.4. The molecule has 1 N–H and O–H groups in total. The van der Waals surface area contributed by atoms with Gasteiger partial charge in [-0.3, -0.25) is 0 Å². The lowest BCUT2D eigenvalue weighted by Crippen LogP contribution is -2.43. The molecule has 1 heterocycles. The smallest absolute Gasteiger partial charge is 0.0701 e. The molecule has 1 atom stereocenters. The summed E-state index contributed by atoms with van der Waals surface area (Å²) in [5.41, 5.74) is 2.47. The Bertz CT molecular complexity index is 414. The fraction of sp³-hybridized carbons (Fsp3) is 0.625. The predicted molar refractivity (Wildman–Crippen MR) is 85.3 cm³/mol. The maximum atomic E-state index is 5.65. The molecule has 0 amide bonds. The summed E-state index contributed by atoms with van der Waals surface area (Å²) in [4.78, 5) is 2.40. The SMILES string of the molecule is COCCOCCOCCN1c2ccccc2NCC1C. The lowest BCUT2D eigenvalue weighted by molar-refractivity contribution is 0.0263. The van der Waals surface area contributed by atoms with Gasteiger partial charge in [0.05, 0.1) is 44.4 Å². The van der Waals surface area contributed by atoms with E-state index < -0.39 is 0 Å². The van der Waals surface area contributed by atoms with E-state index in [0.717, 1.165) is 13.1 Å². The van der Waals surface area contributed by atoms with Gasteiger partial charge in [0.1, 0.15) is 0 Å². The number of hydrogen-bond acceptors (Lipinski definition) is 5. The highest BCUT2D eigenvalue weighted by Gasteiger charge is 2.21. The van der Waals surface area contributed by atoms with Crippen molar-refractivity contribution >= 4 is 11.4 Å². The summed E-state index contributed by atoms with van der Waals surface area (Å²) in [5.74, 6) is 0. The molecule has 0 fully saturated rings. The standard InChI is InChI=1S/C16H26N2O3/c1-14-13-17-15-5-3-4-6-16(15)18(14)7-8-20-11-12-21-10-9-19-2/h3-6,14,17H,7-13H2,1-2H3. The van der Waals surface area contributed by atoms with Crippen molar-refractivity contribution in [1.29, 1.82) is 0 Å². The lowest BCUT2D eigenvalue weighted by atomic mass is 10.1. The Kier molecular flexibility index (Phi) is 6.79. The molecule has 1 aromatic rings. The van der Waals surface area contributed by atoms with Crippen LogP contribution in [0.4, 0.5) is 11.4 Å². The van der Waals surface area contributed by atoms with Crippen LogP contribution in [0, 0.1) is 0 Å². The topological polar surface area (TPSA) is 43.0 Å². The van der Waals surface area contributed by atoms with Gasteiger partial charge in [-0.1, -0.05) is 12.1 Å². The molecule has 5 nitrogen and oxygen atoms in total. The van der Waals surface area contributed by atoms with Crippen LogP contribution >= 0.6 is 0 Å². The Morgan fingerprint density at radius 1 is 1.10 bits per heavy atom. The van der Waals surface area contributed by atoms with Crippen molar-refractivity contribution in [2.45, 2.75) is 13.0 Å². The molecule has 0 spiro atoms. The number of benzene rings is 1. The maximum absolute atomic E-state index is 5.65. The number of methoxy groups -OCH3 is 1. The van der Waals surface area contributed by atoms with Crippen molar-refractivity contribution < 1.29 is 14.2 Å². The molecule has 5 heteroatoms. The van der Waals surface area contributed by atoms with E-state index in [4.69, 9.17) is 14.2 Å². The van der Waals surface area contributed by atoms with Crippen molar-refractivity contribution in [3.05, 3.63) is 24.3 Å². The van der Waals surface area contributed by atoms with Crippen LogP contribution < -0.4 is 10.2 Å². The van der Waals surface area contributed by atoms with Crippen LogP contribution in [-0.2, 0) is 14.2 Å². The summed E-state index contributed by atoms with van der Waals surface area (Å²) < 4.78 is 15.9. The number of ether oxygens (including phenoxy) is 3. The van der Waals surface area contributed by atoms with E-state index in [1.165, 1.54) is 11.4 Å². The summed E-state index contributed by atoms with van der Waals surface area (Å²) in [6.07, 6.45) is 0. The van der Waals surface area contributed by atoms with Gasteiger partial charge in [-0.05, 0) is 19.1 Å². The van der Waals surface area contributed by atoms with Crippen molar-refractivity contribution in [3.8, 4) is 0 Å². The molecule has 0 radical (unpaired) electrons.